The summed E-state index contributed by atoms with van der Waals surface area (Å²) in [5.41, 5.74) is 0.975. The van der Waals surface area contributed by atoms with Gasteiger partial charge in [0.25, 0.3) is 5.91 Å². The Hall–Kier alpha value is -3.15. The molecule has 0 saturated carbocycles. The molecule has 1 fully saturated rings. The highest BCUT2D eigenvalue weighted by Crippen LogP contribution is 2.30. The van der Waals surface area contributed by atoms with E-state index in [2.05, 4.69) is 15.9 Å². The number of nitrogens with zero attached hydrogens (tertiary/aromatic N) is 2. The van der Waals surface area contributed by atoms with E-state index in [1.54, 1.807) is 41.3 Å². The standard InChI is InChI=1S/C22H19BrN2O5/c1-28-20-12-15(11-17(14-24)21(26)25-7-9-29-10-8-25)5-6-19(20)30-22(27)16-3-2-4-18(23)13-16/h2-6,11-13H,7-10H2,1H3/b17-11+. The van der Waals surface area contributed by atoms with Gasteiger partial charge in [0, 0.05) is 17.6 Å². The average Bonchev–Trinajstić information content (AvgIpc) is 2.78. The Kier molecular flexibility index (Phi) is 7.22. The number of benzene rings is 2. The van der Waals surface area contributed by atoms with Crippen LogP contribution in [-0.4, -0.2) is 50.2 Å². The van der Waals surface area contributed by atoms with Crippen molar-refractivity contribution >= 4 is 33.9 Å². The Morgan fingerprint density at radius 1 is 1.17 bits per heavy atom. The van der Waals surface area contributed by atoms with Crippen molar-refractivity contribution in [1.82, 2.24) is 4.90 Å². The lowest BCUT2D eigenvalue weighted by atomic mass is 10.1. The van der Waals surface area contributed by atoms with Crippen molar-refractivity contribution in [3.63, 3.8) is 0 Å². The molecule has 0 N–H and O–H groups in total. The van der Waals surface area contributed by atoms with Crippen molar-refractivity contribution in [2.24, 2.45) is 0 Å². The summed E-state index contributed by atoms with van der Waals surface area (Å²) in [4.78, 5) is 26.5. The van der Waals surface area contributed by atoms with Crippen LogP contribution in [0.4, 0.5) is 0 Å². The van der Waals surface area contributed by atoms with Gasteiger partial charge >= 0.3 is 5.97 Å². The van der Waals surface area contributed by atoms with Crippen LogP contribution in [0.15, 0.2) is 52.5 Å². The zero-order valence-corrected chi connectivity index (χ0v) is 17.8. The van der Waals surface area contributed by atoms with Gasteiger partial charge in [-0.3, -0.25) is 4.79 Å². The van der Waals surface area contributed by atoms with Crippen LogP contribution in [-0.2, 0) is 9.53 Å². The van der Waals surface area contributed by atoms with Crippen LogP contribution in [0.25, 0.3) is 6.08 Å². The predicted octanol–water partition coefficient (Wildman–Crippen LogP) is 3.44. The van der Waals surface area contributed by atoms with Crippen LogP contribution in [0.5, 0.6) is 11.5 Å². The van der Waals surface area contributed by atoms with Crippen molar-refractivity contribution < 1.29 is 23.8 Å². The average molecular weight is 471 g/mol. The lowest BCUT2D eigenvalue weighted by Crippen LogP contribution is -2.41. The quantitative estimate of drug-likeness (QED) is 0.287. The first-order chi connectivity index (χ1) is 14.5. The fourth-order valence-electron chi connectivity index (χ4n) is 2.88. The third-order valence-electron chi connectivity index (χ3n) is 4.41. The zero-order valence-electron chi connectivity index (χ0n) is 16.3. The molecule has 154 valence electrons. The first-order valence-corrected chi connectivity index (χ1v) is 9.95. The van der Waals surface area contributed by atoms with E-state index in [0.717, 1.165) is 4.47 Å². The van der Waals surface area contributed by atoms with Crippen molar-refractivity contribution in [3.05, 3.63) is 63.6 Å². The van der Waals surface area contributed by atoms with Gasteiger partial charge in [-0.05, 0) is 42.0 Å². The third-order valence-corrected chi connectivity index (χ3v) is 4.90. The molecule has 0 spiro atoms. The van der Waals surface area contributed by atoms with Crippen molar-refractivity contribution in [3.8, 4) is 17.6 Å². The number of morpholine rings is 1. The van der Waals surface area contributed by atoms with E-state index in [9.17, 15) is 14.9 Å². The van der Waals surface area contributed by atoms with Crippen LogP contribution in [0.3, 0.4) is 0 Å². The summed E-state index contributed by atoms with van der Waals surface area (Å²) in [5.74, 6) is -0.330. The maximum absolute atomic E-state index is 12.6. The fraction of sp³-hybridized carbons (Fsp3) is 0.227. The van der Waals surface area contributed by atoms with E-state index in [1.165, 1.54) is 13.2 Å². The van der Waals surface area contributed by atoms with Crippen molar-refractivity contribution in [2.45, 2.75) is 0 Å². The van der Waals surface area contributed by atoms with Crippen LogP contribution in [0.1, 0.15) is 15.9 Å². The fourth-order valence-corrected chi connectivity index (χ4v) is 3.28. The molecule has 0 aromatic heterocycles. The molecule has 2 aromatic carbocycles. The minimum Gasteiger partial charge on any atom is -0.493 e. The number of methoxy groups -OCH3 is 1. The van der Waals surface area contributed by atoms with Gasteiger partial charge in [0.1, 0.15) is 11.6 Å². The molecule has 0 bridgehead atoms. The smallest absolute Gasteiger partial charge is 0.343 e. The normalized spacial score (nSPS) is 14.0. The number of carbonyl (C=O) groups is 2. The van der Waals surface area contributed by atoms with E-state index >= 15 is 0 Å². The SMILES string of the molecule is COc1cc(/C=C(\C#N)C(=O)N2CCOCC2)ccc1OC(=O)c1cccc(Br)c1. The van der Waals surface area contributed by atoms with Crippen molar-refractivity contribution in [2.75, 3.05) is 33.4 Å². The number of rotatable bonds is 5. The van der Waals surface area contributed by atoms with Crippen molar-refractivity contribution in [1.29, 1.82) is 5.26 Å². The summed E-state index contributed by atoms with van der Waals surface area (Å²) < 4.78 is 16.8. The minimum absolute atomic E-state index is 0.0119. The Labute approximate surface area is 182 Å². The van der Waals surface area contributed by atoms with Crippen LogP contribution in [0, 0.1) is 11.3 Å². The van der Waals surface area contributed by atoms with E-state index in [0.29, 0.717) is 43.2 Å². The highest BCUT2D eigenvalue weighted by molar-refractivity contribution is 9.10. The maximum Gasteiger partial charge on any atom is 0.343 e. The first-order valence-electron chi connectivity index (χ1n) is 9.16. The largest absolute Gasteiger partial charge is 0.493 e. The summed E-state index contributed by atoms with van der Waals surface area (Å²) in [6.07, 6.45) is 1.49. The molecule has 1 aliphatic rings. The molecule has 0 radical (unpaired) electrons. The summed E-state index contributed by atoms with van der Waals surface area (Å²) in [6.45, 7) is 1.81. The monoisotopic (exact) mass is 470 g/mol. The molecule has 1 aliphatic heterocycles. The zero-order chi connectivity index (χ0) is 21.5. The molecule has 2 aromatic rings. The minimum atomic E-state index is -0.530. The Balaban J connectivity index is 1.80. The van der Waals surface area contributed by atoms with Crippen LogP contribution >= 0.6 is 15.9 Å². The molecule has 30 heavy (non-hydrogen) atoms. The van der Waals surface area contributed by atoms with Crippen LogP contribution < -0.4 is 9.47 Å². The summed E-state index contributed by atoms with van der Waals surface area (Å²) in [7, 11) is 1.45. The highest BCUT2D eigenvalue weighted by atomic mass is 79.9. The number of ether oxygens (including phenoxy) is 3. The summed E-state index contributed by atoms with van der Waals surface area (Å²) in [5, 5.41) is 9.44. The Morgan fingerprint density at radius 2 is 1.93 bits per heavy atom. The highest BCUT2D eigenvalue weighted by Gasteiger charge is 2.21. The molecule has 0 aliphatic carbocycles. The number of hydrogen-bond donors (Lipinski definition) is 0. The van der Waals surface area contributed by atoms with Gasteiger partial charge in [0.15, 0.2) is 11.5 Å². The molecule has 0 atom stereocenters. The lowest BCUT2D eigenvalue weighted by molar-refractivity contribution is -0.130. The van der Waals surface area contributed by atoms with E-state index in [4.69, 9.17) is 14.2 Å². The number of halogens is 1. The van der Waals surface area contributed by atoms with Gasteiger partial charge in [0.2, 0.25) is 0 Å². The van der Waals surface area contributed by atoms with Gasteiger partial charge in [-0.1, -0.05) is 28.1 Å². The number of carbonyl (C=O) groups excluding carboxylic acids is 2. The second-order valence-corrected chi connectivity index (χ2v) is 7.30. The molecule has 3 rings (SSSR count). The molecular weight excluding hydrogens is 452 g/mol. The predicted molar refractivity (Wildman–Crippen MR) is 113 cm³/mol. The number of esters is 1. The molecule has 8 heteroatoms. The molecular formula is C22H19BrN2O5. The number of nitriles is 1. The van der Waals surface area contributed by atoms with E-state index in [1.807, 2.05) is 12.1 Å². The molecule has 0 unspecified atom stereocenters. The molecule has 1 heterocycles. The van der Waals surface area contributed by atoms with E-state index in [-0.39, 0.29) is 17.2 Å². The Bertz CT molecular complexity index is 1020. The molecule has 1 saturated heterocycles. The topological polar surface area (TPSA) is 88.9 Å². The van der Waals surface area contributed by atoms with Gasteiger partial charge in [-0.2, -0.15) is 5.26 Å². The first kappa shape index (κ1) is 21.6. The molecule has 1 amide bonds. The van der Waals surface area contributed by atoms with Gasteiger partial charge in [0.05, 0.1) is 25.9 Å². The lowest BCUT2D eigenvalue weighted by Gasteiger charge is -2.26. The maximum atomic E-state index is 12.6. The second kappa shape index (κ2) is 10.1. The van der Waals surface area contributed by atoms with Crippen LogP contribution in [0.2, 0.25) is 0 Å². The third kappa shape index (κ3) is 5.26. The Morgan fingerprint density at radius 3 is 2.60 bits per heavy atom. The summed E-state index contributed by atoms with van der Waals surface area (Å²) in [6, 6.07) is 13.6. The van der Waals surface area contributed by atoms with E-state index < -0.39 is 5.97 Å². The summed E-state index contributed by atoms with van der Waals surface area (Å²) >= 11 is 3.32. The van der Waals surface area contributed by atoms with Gasteiger partial charge < -0.3 is 19.1 Å². The molecule has 7 nitrogen and oxygen atoms in total. The number of amides is 1. The number of hydrogen-bond acceptors (Lipinski definition) is 6. The second-order valence-electron chi connectivity index (χ2n) is 6.38. The van der Waals surface area contributed by atoms with Gasteiger partial charge in [-0.15, -0.1) is 0 Å². The van der Waals surface area contributed by atoms with Gasteiger partial charge in [-0.25, -0.2) is 4.79 Å².